The lowest BCUT2D eigenvalue weighted by Crippen LogP contribution is -2.28. The summed E-state index contributed by atoms with van der Waals surface area (Å²) >= 11 is 0. The Balaban J connectivity index is 1.81. The summed E-state index contributed by atoms with van der Waals surface area (Å²) in [5.74, 6) is 0.656. The molecule has 1 aromatic heterocycles. The first-order valence-electron chi connectivity index (χ1n) is 7.77. The number of carbonyl (C=O) groups is 1. The number of hydrogen-bond donors (Lipinski definition) is 2. The molecule has 1 saturated carbocycles. The predicted molar refractivity (Wildman–Crippen MR) is 83.6 cm³/mol. The summed E-state index contributed by atoms with van der Waals surface area (Å²) in [6, 6.07) is 1.91. The van der Waals surface area contributed by atoms with Crippen molar-refractivity contribution >= 4 is 11.6 Å². The second-order valence-corrected chi connectivity index (χ2v) is 5.57. The summed E-state index contributed by atoms with van der Waals surface area (Å²) in [6.07, 6.45) is 5.22. The van der Waals surface area contributed by atoms with E-state index in [2.05, 4.69) is 22.5 Å². The second kappa shape index (κ2) is 7.98. The van der Waals surface area contributed by atoms with E-state index in [-0.39, 0.29) is 5.91 Å². The molecule has 0 bridgehead atoms. The number of amides is 1. The van der Waals surface area contributed by atoms with E-state index in [1.807, 2.05) is 13.0 Å². The molecule has 0 radical (unpaired) electrons. The summed E-state index contributed by atoms with van der Waals surface area (Å²) in [4.78, 5) is 16.4. The van der Waals surface area contributed by atoms with Crippen molar-refractivity contribution in [3.05, 3.63) is 23.5 Å². The number of aromatic nitrogens is 1. The number of rotatable bonds is 9. The zero-order valence-corrected chi connectivity index (χ0v) is 12.9. The molecule has 1 amide bonds. The first-order chi connectivity index (χ1) is 10.2. The van der Waals surface area contributed by atoms with Crippen molar-refractivity contribution in [2.75, 3.05) is 31.6 Å². The first kappa shape index (κ1) is 15.8. The molecule has 1 aromatic rings. The minimum absolute atomic E-state index is 0.101. The fourth-order valence-corrected chi connectivity index (χ4v) is 2.01. The Bertz CT molecular complexity index is 473. The van der Waals surface area contributed by atoms with Crippen LogP contribution in [0.15, 0.2) is 12.3 Å². The lowest BCUT2D eigenvalue weighted by atomic mass is 10.2. The molecular weight excluding hydrogens is 266 g/mol. The Morgan fingerprint density at radius 2 is 2.24 bits per heavy atom. The maximum absolute atomic E-state index is 12.2. The van der Waals surface area contributed by atoms with Gasteiger partial charge < -0.3 is 15.4 Å². The van der Waals surface area contributed by atoms with Gasteiger partial charge in [0.2, 0.25) is 0 Å². The average Bonchev–Trinajstić information content (AvgIpc) is 3.28. The number of hydrogen-bond acceptors (Lipinski definition) is 4. The quantitative estimate of drug-likeness (QED) is 0.686. The van der Waals surface area contributed by atoms with E-state index in [9.17, 15) is 4.79 Å². The highest BCUT2D eigenvalue weighted by Gasteiger charge is 2.21. The monoisotopic (exact) mass is 291 g/mol. The summed E-state index contributed by atoms with van der Waals surface area (Å²) in [7, 11) is 0. The van der Waals surface area contributed by atoms with E-state index < -0.39 is 0 Å². The topological polar surface area (TPSA) is 63.2 Å². The molecule has 1 aliphatic rings. The number of ether oxygens (including phenoxy) is 1. The molecule has 1 heterocycles. The number of carbonyl (C=O) groups excluding carboxylic acids is 1. The van der Waals surface area contributed by atoms with Crippen molar-refractivity contribution in [3.8, 4) is 0 Å². The van der Waals surface area contributed by atoms with Crippen LogP contribution in [0.4, 0.5) is 5.69 Å². The number of nitrogens with zero attached hydrogens (tertiary/aromatic N) is 1. The van der Waals surface area contributed by atoms with Gasteiger partial charge in [0.05, 0.1) is 17.9 Å². The largest absolute Gasteiger partial charge is 0.384 e. The Labute approximate surface area is 126 Å². The van der Waals surface area contributed by atoms with Crippen LogP contribution in [0.3, 0.4) is 0 Å². The summed E-state index contributed by atoms with van der Waals surface area (Å²) in [5, 5.41) is 6.16. The van der Waals surface area contributed by atoms with Gasteiger partial charge in [0.25, 0.3) is 5.91 Å². The summed E-state index contributed by atoms with van der Waals surface area (Å²) < 4.78 is 5.51. The Morgan fingerprint density at radius 1 is 1.43 bits per heavy atom. The fraction of sp³-hybridized carbons (Fsp3) is 0.625. The van der Waals surface area contributed by atoms with Crippen LogP contribution < -0.4 is 10.6 Å². The van der Waals surface area contributed by atoms with Crippen molar-refractivity contribution in [1.82, 2.24) is 10.3 Å². The smallest absolute Gasteiger partial charge is 0.255 e. The minimum atomic E-state index is -0.101. The second-order valence-electron chi connectivity index (χ2n) is 5.57. The zero-order chi connectivity index (χ0) is 15.1. The Hall–Kier alpha value is -1.62. The molecule has 0 saturated heterocycles. The molecule has 2 rings (SSSR count). The maximum atomic E-state index is 12.2. The molecule has 5 heteroatoms. The van der Waals surface area contributed by atoms with Crippen LogP contribution >= 0.6 is 0 Å². The van der Waals surface area contributed by atoms with Gasteiger partial charge in [-0.3, -0.25) is 9.78 Å². The molecule has 0 aliphatic heterocycles. The standard InChI is InChI=1S/C16H25N3O2/c1-3-6-17-15-9-12(2)19-10-14(15)16(20)18-7-8-21-11-13-4-5-13/h9-10,13H,3-8,11H2,1-2H3,(H,17,19)(H,18,20). The minimum Gasteiger partial charge on any atom is -0.384 e. The first-order valence-corrected chi connectivity index (χ1v) is 7.77. The zero-order valence-electron chi connectivity index (χ0n) is 12.9. The van der Waals surface area contributed by atoms with E-state index in [1.54, 1.807) is 6.20 Å². The average molecular weight is 291 g/mol. The summed E-state index contributed by atoms with van der Waals surface area (Å²) in [5.41, 5.74) is 2.34. The van der Waals surface area contributed by atoms with E-state index >= 15 is 0 Å². The number of aryl methyl sites for hydroxylation is 1. The van der Waals surface area contributed by atoms with Gasteiger partial charge >= 0.3 is 0 Å². The number of pyridine rings is 1. The van der Waals surface area contributed by atoms with Crippen LogP contribution in [-0.4, -0.2) is 37.2 Å². The highest BCUT2D eigenvalue weighted by atomic mass is 16.5. The molecule has 0 unspecified atom stereocenters. The van der Waals surface area contributed by atoms with Crippen LogP contribution in [0.2, 0.25) is 0 Å². The van der Waals surface area contributed by atoms with Crippen LogP contribution in [0.1, 0.15) is 42.2 Å². The highest BCUT2D eigenvalue weighted by molar-refractivity contribution is 5.99. The Kier molecular flexibility index (Phi) is 5.99. The Morgan fingerprint density at radius 3 is 2.95 bits per heavy atom. The van der Waals surface area contributed by atoms with Gasteiger partial charge in [0.15, 0.2) is 0 Å². The van der Waals surface area contributed by atoms with Crippen LogP contribution in [-0.2, 0) is 4.74 Å². The van der Waals surface area contributed by atoms with Crippen LogP contribution in [0.25, 0.3) is 0 Å². The third kappa shape index (κ3) is 5.34. The van der Waals surface area contributed by atoms with Gasteiger partial charge in [-0.2, -0.15) is 0 Å². The maximum Gasteiger partial charge on any atom is 0.255 e. The molecule has 21 heavy (non-hydrogen) atoms. The van der Waals surface area contributed by atoms with Gasteiger partial charge in [-0.05, 0) is 38.2 Å². The molecule has 1 fully saturated rings. The molecule has 5 nitrogen and oxygen atoms in total. The lowest BCUT2D eigenvalue weighted by Gasteiger charge is -2.12. The SMILES string of the molecule is CCCNc1cc(C)ncc1C(=O)NCCOCC1CC1. The van der Waals surface area contributed by atoms with Gasteiger partial charge in [0.1, 0.15) is 0 Å². The summed E-state index contributed by atoms with van der Waals surface area (Å²) in [6.45, 7) is 6.79. The van der Waals surface area contributed by atoms with E-state index in [0.717, 1.165) is 36.9 Å². The molecule has 0 atom stereocenters. The predicted octanol–water partition coefficient (Wildman–Crippen LogP) is 2.37. The highest BCUT2D eigenvalue weighted by Crippen LogP contribution is 2.28. The van der Waals surface area contributed by atoms with E-state index in [1.165, 1.54) is 12.8 Å². The number of nitrogens with one attached hydrogen (secondary N) is 2. The molecular formula is C16H25N3O2. The third-order valence-electron chi connectivity index (χ3n) is 3.43. The lowest BCUT2D eigenvalue weighted by molar-refractivity contribution is 0.0907. The van der Waals surface area contributed by atoms with Crippen LogP contribution in [0, 0.1) is 12.8 Å². The molecule has 0 spiro atoms. The van der Waals surface area contributed by atoms with Crippen molar-refractivity contribution in [2.24, 2.45) is 5.92 Å². The van der Waals surface area contributed by atoms with Gasteiger partial charge in [-0.15, -0.1) is 0 Å². The fourth-order valence-electron chi connectivity index (χ4n) is 2.01. The van der Waals surface area contributed by atoms with Gasteiger partial charge in [-0.1, -0.05) is 6.92 Å². The van der Waals surface area contributed by atoms with Crippen molar-refractivity contribution in [3.63, 3.8) is 0 Å². The molecule has 116 valence electrons. The van der Waals surface area contributed by atoms with Gasteiger partial charge in [0, 0.05) is 31.6 Å². The van der Waals surface area contributed by atoms with Gasteiger partial charge in [-0.25, -0.2) is 0 Å². The third-order valence-corrected chi connectivity index (χ3v) is 3.43. The molecule has 2 N–H and O–H groups in total. The number of anilines is 1. The van der Waals surface area contributed by atoms with E-state index in [0.29, 0.717) is 18.7 Å². The van der Waals surface area contributed by atoms with Crippen molar-refractivity contribution < 1.29 is 9.53 Å². The van der Waals surface area contributed by atoms with E-state index in [4.69, 9.17) is 4.74 Å². The van der Waals surface area contributed by atoms with Crippen LogP contribution in [0.5, 0.6) is 0 Å². The van der Waals surface area contributed by atoms with Crippen molar-refractivity contribution in [1.29, 1.82) is 0 Å². The van der Waals surface area contributed by atoms with Crippen molar-refractivity contribution in [2.45, 2.75) is 33.1 Å². The molecule has 0 aromatic carbocycles. The molecule has 1 aliphatic carbocycles. The normalized spacial score (nSPS) is 14.0.